The molecule has 5 nitrogen and oxygen atoms in total. The number of nitrogens with one attached hydrogen (secondary N) is 1. The molecule has 5 heteroatoms. The summed E-state index contributed by atoms with van der Waals surface area (Å²) in [6.45, 7) is 1.99. The predicted octanol–water partition coefficient (Wildman–Crippen LogP) is 2.58. The Balaban J connectivity index is 1.95. The standard InChI is InChI=1S/C16H14N2O3/c1-2-10-7-8-11-12(9-10)16(21)18(15(11)20)17-13-5-3-4-6-14(13)19/h3-9,17,19H,2H2,1H3. The van der Waals surface area contributed by atoms with Gasteiger partial charge in [0.15, 0.2) is 0 Å². The van der Waals surface area contributed by atoms with Crippen LogP contribution in [0.3, 0.4) is 0 Å². The predicted molar refractivity (Wildman–Crippen MR) is 78.0 cm³/mol. The molecule has 2 aromatic carbocycles. The van der Waals surface area contributed by atoms with Crippen molar-refractivity contribution >= 4 is 17.5 Å². The number of phenols is 1. The van der Waals surface area contributed by atoms with Crippen molar-refractivity contribution in [2.45, 2.75) is 13.3 Å². The molecule has 0 saturated carbocycles. The molecule has 1 heterocycles. The van der Waals surface area contributed by atoms with Crippen LogP contribution in [0.4, 0.5) is 5.69 Å². The van der Waals surface area contributed by atoms with E-state index in [1.165, 1.54) is 6.07 Å². The van der Waals surface area contributed by atoms with Crippen LogP contribution in [-0.2, 0) is 6.42 Å². The number of fused-ring (bicyclic) bond motifs is 1. The van der Waals surface area contributed by atoms with E-state index >= 15 is 0 Å². The summed E-state index contributed by atoms with van der Waals surface area (Å²) < 4.78 is 0. The van der Waals surface area contributed by atoms with Crippen molar-refractivity contribution in [1.29, 1.82) is 0 Å². The number of carbonyl (C=O) groups is 2. The second kappa shape index (κ2) is 4.94. The van der Waals surface area contributed by atoms with Gasteiger partial charge in [-0.2, -0.15) is 5.01 Å². The lowest BCUT2D eigenvalue weighted by atomic mass is 10.0. The average Bonchev–Trinajstić information content (AvgIpc) is 2.74. The van der Waals surface area contributed by atoms with Crippen LogP contribution in [0, 0.1) is 0 Å². The van der Waals surface area contributed by atoms with Crippen molar-refractivity contribution < 1.29 is 14.7 Å². The van der Waals surface area contributed by atoms with Crippen LogP contribution in [0.25, 0.3) is 0 Å². The molecule has 0 unspecified atom stereocenters. The van der Waals surface area contributed by atoms with Gasteiger partial charge in [0.05, 0.1) is 16.8 Å². The van der Waals surface area contributed by atoms with Crippen LogP contribution in [0.5, 0.6) is 5.75 Å². The van der Waals surface area contributed by atoms with E-state index in [1.807, 2.05) is 13.0 Å². The fourth-order valence-electron chi connectivity index (χ4n) is 2.30. The van der Waals surface area contributed by atoms with Gasteiger partial charge in [0.1, 0.15) is 5.75 Å². The summed E-state index contributed by atoms with van der Waals surface area (Å²) in [5.74, 6) is -0.849. The number of carbonyl (C=O) groups excluding carboxylic acids is 2. The maximum absolute atomic E-state index is 12.4. The molecule has 0 spiro atoms. The fraction of sp³-hybridized carbons (Fsp3) is 0.125. The van der Waals surface area contributed by atoms with Gasteiger partial charge in [-0.3, -0.25) is 15.0 Å². The number of nitrogens with zero attached hydrogens (tertiary/aromatic N) is 1. The Kier molecular flexibility index (Phi) is 3.10. The van der Waals surface area contributed by atoms with Gasteiger partial charge in [-0.15, -0.1) is 0 Å². The topological polar surface area (TPSA) is 69.6 Å². The zero-order valence-corrected chi connectivity index (χ0v) is 11.5. The number of phenolic OH excluding ortho intramolecular Hbond substituents is 1. The van der Waals surface area contributed by atoms with Gasteiger partial charge in [0, 0.05) is 0 Å². The first-order chi connectivity index (χ1) is 10.1. The minimum atomic E-state index is -0.416. The van der Waals surface area contributed by atoms with E-state index in [-0.39, 0.29) is 5.75 Å². The Labute approximate surface area is 121 Å². The largest absolute Gasteiger partial charge is 0.506 e. The number of para-hydroxylation sites is 2. The second-order valence-electron chi connectivity index (χ2n) is 4.81. The summed E-state index contributed by atoms with van der Waals surface area (Å²) in [7, 11) is 0. The maximum Gasteiger partial charge on any atom is 0.280 e. The van der Waals surface area contributed by atoms with Crippen LogP contribution in [0.2, 0.25) is 0 Å². The smallest absolute Gasteiger partial charge is 0.280 e. The lowest BCUT2D eigenvalue weighted by molar-refractivity contribution is 0.0691. The number of hydrogen-bond donors (Lipinski definition) is 2. The molecule has 0 atom stereocenters. The number of aryl methyl sites for hydroxylation is 1. The Morgan fingerprint density at radius 1 is 1.05 bits per heavy atom. The number of rotatable bonds is 3. The molecular formula is C16H14N2O3. The molecule has 0 radical (unpaired) electrons. The summed E-state index contributed by atoms with van der Waals surface area (Å²) in [6, 6.07) is 11.7. The van der Waals surface area contributed by atoms with E-state index in [4.69, 9.17) is 0 Å². The lowest BCUT2D eigenvalue weighted by Crippen LogP contribution is -2.35. The molecule has 3 rings (SSSR count). The lowest BCUT2D eigenvalue weighted by Gasteiger charge is -2.17. The third-order valence-corrected chi connectivity index (χ3v) is 3.50. The molecule has 2 aromatic rings. The summed E-state index contributed by atoms with van der Waals surface area (Å²) in [4.78, 5) is 24.6. The molecule has 0 aliphatic carbocycles. The Morgan fingerprint density at radius 3 is 2.48 bits per heavy atom. The quantitative estimate of drug-likeness (QED) is 0.670. The zero-order chi connectivity index (χ0) is 15.0. The molecule has 106 valence electrons. The minimum absolute atomic E-state index is 0.0247. The highest BCUT2D eigenvalue weighted by molar-refractivity contribution is 6.22. The zero-order valence-electron chi connectivity index (χ0n) is 11.5. The first-order valence-electron chi connectivity index (χ1n) is 6.68. The van der Waals surface area contributed by atoms with E-state index in [1.54, 1.807) is 30.3 Å². The molecule has 21 heavy (non-hydrogen) atoms. The molecule has 0 saturated heterocycles. The molecule has 0 bridgehead atoms. The SMILES string of the molecule is CCc1ccc2c(c1)C(=O)N(Nc1ccccc1O)C2=O. The van der Waals surface area contributed by atoms with Crippen molar-refractivity contribution in [2.24, 2.45) is 0 Å². The highest BCUT2D eigenvalue weighted by Crippen LogP contribution is 2.28. The van der Waals surface area contributed by atoms with Crippen molar-refractivity contribution in [3.63, 3.8) is 0 Å². The fourth-order valence-corrected chi connectivity index (χ4v) is 2.30. The molecule has 2 amide bonds. The van der Waals surface area contributed by atoms with Gasteiger partial charge in [0.2, 0.25) is 0 Å². The van der Waals surface area contributed by atoms with Crippen LogP contribution in [-0.4, -0.2) is 21.9 Å². The van der Waals surface area contributed by atoms with E-state index in [0.29, 0.717) is 16.8 Å². The van der Waals surface area contributed by atoms with E-state index < -0.39 is 11.8 Å². The van der Waals surface area contributed by atoms with E-state index in [9.17, 15) is 14.7 Å². The van der Waals surface area contributed by atoms with Crippen LogP contribution < -0.4 is 5.43 Å². The van der Waals surface area contributed by atoms with Gasteiger partial charge in [-0.25, -0.2) is 0 Å². The third kappa shape index (κ3) is 2.12. The minimum Gasteiger partial charge on any atom is -0.506 e. The Bertz CT molecular complexity index is 740. The highest BCUT2D eigenvalue weighted by Gasteiger charge is 2.36. The third-order valence-electron chi connectivity index (χ3n) is 3.50. The summed E-state index contributed by atoms with van der Waals surface area (Å²) in [5.41, 5.74) is 4.75. The molecule has 2 N–H and O–H groups in total. The van der Waals surface area contributed by atoms with Gasteiger partial charge < -0.3 is 5.11 Å². The van der Waals surface area contributed by atoms with Gasteiger partial charge in [0.25, 0.3) is 11.8 Å². The number of amides is 2. The monoisotopic (exact) mass is 282 g/mol. The number of anilines is 1. The first kappa shape index (κ1) is 13.2. The number of hydrazine groups is 1. The van der Waals surface area contributed by atoms with Crippen LogP contribution >= 0.6 is 0 Å². The number of imide groups is 1. The number of aromatic hydroxyl groups is 1. The maximum atomic E-state index is 12.4. The molecular weight excluding hydrogens is 268 g/mol. The van der Waals surface area contributed by atoms with Crippen molar-refractivity contribution in [2.75, 3.05) is 5.43 Å². The van der Waals surface area contributed by atoms with Gasteiger partial charge >= 0.3 is 0 Å². The summed E-state index contributed by atoms with van der Waals surface area (Å²) in [6.07, 6.45) is 0.793. The highest BCUT2D eigenvalue weighted by atomic mass is 16.3. The average molecular weight is 282 g/mol. The second-order valence-corrected chi connectivity index (χ2v) is 4.81. The normalized spacial score (nSPS) is 13.5. The molecule has 1 aliphatic rings. The van der Waals surface area contributed by atoms with Crippen molar-refractivity contribution in [1.82, 2.24) is 5.01 Å². The number of benzene rings is 2. The van der Waals surface area contributed by atoms with Crippen LogP contribution in [0.1, 0.15) is 33.2 Å². The molecule has 0 aromatic heterocycles. The van der Waals surface area contributed by atoms with E-state index in [2.05, 4.69) is 5.43 Å². The first-order valence-corrected chi connectivity index (χ1v) is 6.68. The van der Waals surface area contributed by atoms with Crippen LogP contribution in [0.15, 0.2) is 42.5 Å². The Hall–Kier alpha value is -2.82. The molecule has 1 aliphatic heterocycles. The van der Waals surface area contributed by atoms with E-state index in [0.717, 1.165) is 17.0 Å². The molecule has 0 fully saturated rings. The summed E-state index contributed by atoms with van der Waals surface area (Å²) >= 11 is 0. The van der Waals surface area contributed by atoms with Gasteiger partial charge in [-0.1, -0.05) is 25.1 Å². The van der Waals surface area contributed by atoms with Crippen molar-refractivity contribution in [3.8, 4) is 5.75 Å². The number of hydrogen-bond acceptors (Lipinski definition) is 4. The van der Waals surface area contributed by atoms with Crippen molar-refractivity contribution in [3.05, 3.63) is 59.2 Å². The summed E-state index contributed by atoms with van der Waals surface area (Å²) in [5, 5.41) is 10.7. The Morgan fingerprint density at radius 2 is 1.76 bits per heavy atom. The van der Waals surface area contributed by atoms with Gasteiger partial charge in [-0.05, 0) is 36.2 Å².